The Morgan fingerprint density at radius 1 is 1.13 bits per heavy atom. The third kappa shape index (κ3) is 2.73. The molecule has 5 fully saturated rings. The summed E-state index contributed by atoms with van der Waals surface area (Å²) in [4.78, 5) is 0. The molecular weight excluding hydrogens is 480 g/mol. The molecule has 0 amide bonds. The van der Waals surface area contributed by atoms with Crippen molar-refractivity contribution in [3.8, 4) is 11.5 Å². The predicted molar refractivity (Wildman–Crippen MR) is 141 cm³/mol. The summed E-state index contributed by atoms with van der Waals surface area (Å²) < 4.78 is 31.7. The molecule has 7 aliphatic rings. The molecule has 0 radical (unpaired) electrons. The maximum Gasteiger partial charge on any atom is 0.165 e. The lowest BCUT2D eigenvalue weighted by atomic mass is 9.33. The van der Waals surface area contributed by atoms with Gasteiger partial charge in [-0.2, -0.15) is 0 Å². The molecule has 9 rings (SSSR count). The molecule has 38 heavy (non-hydrogen) atoms. The molecule has 7 atom stereocenters. The first kappa shape index (κ1) is 23.8. The third-order valence-electron chi connectivity index (χ3n) is 11.8. The average Bonchev–Trinajstić information content (AvgIpc) is 3.59. The molecule has 1 aromatic heterocycles. The van der Waals surface area contributed by atoms with Crippen molar-refractivity contribution in [3.63, 3.8) is 0 Å². The van der Waals surface area contributed by atoms with Crippen molar-refractivity contribution >= 4 is 0 Å². The summed E-state index contributed by atoms with van der Waals surface area (Å²) in [5.74, 6) is 4.38. The average molecular weight is 521 g/mol. The van der Waals surface area contributed by atoms with E-state index in [1.54, 1.807) is 7.11 Å². The largest absolute Gasteiger partial charge is 0.493 e. The molecule has 2 aliphatic heterocycles. The smallest absolute Gasteiger partial charge is 0.165 e. The van der Waals surface area contributed by atoms with E-state index in [1.165, 1.54) is 36.8 Å². The van der Waals surface area contributed by atoms with Gasteiger partial charge in [0.25, 0.3) is 0 Å². The molecule has 2 aromatic rings. The number of hydrogen-bond acceptors (Lipinski definition) is 7. The second kappa shape index (κ2) is 7.98. The van der Waals surface area contributed by atoms with Crippen LogP contribution in [0.25, 0.3) is 0 Å². The summed E-state index contributed by atoms with van der Waals surface area (Å²) >= 11 is 0. The molecule has 7 nitrogen and oxygen atoms in total. The molecule has 4 bridgehead atoms. The Morgan fingerprint density at radius 3 is 2.74 bits per heavy atom. The van der Waals surface area contributed by atoms with Crippen LogP contribution >= 0.6 is 0 Å². The minimum Gasteiger partial charge on any atom is -0.493 e. The molecule has 5 aliphatic carbocycles. The van der Waals surface area contributed by atoms with Gasteiger partial charge in [0.15, 0.2) is 11.5 Å². The van der Waals surface area contributed by atoms with Crippen molar-refractivity contribution in [2.75, 3.05) is 27.4 Å². The summed E-state index contributed by atoms with van der Waals surface area (Å²) in [5, 5.41) is 8.23. The van der Waals surface area contributed by atoms with E-state index in [2.05, 4.69) is 22.6 Å². The van der Waals surface area contributed by atoms with Crippen LogP contribution in [0.4, 0.5) is 0 Å². The summed E-state index contributed by atoms with van der Waals surface area (Å²) in [5.41, 5.74) is 4.62. The Balaban J connectivity index is 1.24. The highest BCUT2D eigenvalue weighted by Gasteiger charge is 2.82. The number of hydrogen-bond donors (Lipinski definition) is 1. The van der Waals surface area contributed by atoms with E-state index >= 15 is 0 Å². The van der Waals surface area contributed by atoms with Gasteiger partial charge in [0, 0.05) is 35.6 Å². The van der Waals surface area contributed by atoms with Crippen LogP contribution in [0.1, 0.15) is 66.7 Å². The fourth-order valence-electron chi connectivity index (χ4n) is 10.1. The van der Waals surface area contributed by atoms with Crippen LogP contribution in [0.2, 0.25) is 0 Å². The number of nitrogens with zero attached hydrogens (tertiary/aromatic N) is 1. The SMILES string of the molecule is COc1ccc2c3c1OC1C4(OC)CCC5(CC4COCc4c(C)noc4C)C(C2)NCC(CC2CC2)C315. The molecule has 204 valence electrons. The normalized spacial score (nSPS) is 39.7. The lowest BCUT2D eigenvalue weighted by Gasteiger charge is -2.74. The van der Waals surface area contributed by atoms with E-state index in [0.29, 0.717) is 25.2 Å². The van der Waals surface area contributed by atoms with Crippen molar-refractivity contribution in [2.24, 2.45) is 23.2 Å². The van der Waals surface area contributed by atoms with Crippen molar-refractivity contribution in [1.29, 1.82) is 0 Å². The van der Waals surface area contributed by atoms with Gasteiger partial charge >= 0.3 is 0 Å². The first-order valence-electron chi connectivity index (χ1n) is 14.6. The highest BCUT2D eigenvalue weighted by Crippen LogP contribution is 2.77. The van der Waals surface area contributed by atoms with E-state index in [0.717, 1.165) is 60.2 Å². The Bertz CT molecular complexity index is 1270. The number of methoxy groups -OCH3 is 2. The number of benzene rings is 1. The number of ether oxygens (including phenoxy) is 4. The van der Waals surface area contributed by atoms with E-state index in [-0.39, 0.29) is 28.5 Å². The first-order chi connectivity index (χ1) is 18.5. The lowest BCUT2D eigenvalue weighted by molar-refractivity contribution is -0.283. The van der Waals surface area contributed by atoms with Crippen LogP contribution in [-0.4, -0.2) is 50.3 Å². The Hall–Kier alpha value is -2.09. The zero-order valence-electron chi connectivity index (χ0n) is 23.1. The highest BCUT2D eigenvalue weighted by atomic mass is 16.6. The molecule has 1 aromatic carbocycles. The summed E-state index contributed by atoms with van der Waals surface area (Å²) in [6.07, 6.45) is 8.37. The van der Waals surface area contributed by atoms with Gasteiger partial charge in [0.2, 0.25) is 0 Å². The lowest BCUT2D eigenvalue weighted by Crippen LogP contribution is -2.83. The fourth-order valence-corrected chi connectivity index (χ4v) is 10.1. The number of aromatic nitrogens is 1. The number of rotatable bonds is 8. The first-order valence-corrected chi connectivity index (χ1v) is 14.6. The van der Waals surface area contributed by atoms with Crippen LogP contribution in [0, 0.1) is 37.0 Å². The number of aryl methyl sites for hydroxylation is 2. The van der Waals surface area contributed by atoms with Gasteiger partial charge in [-0.1, -0.05) is 24.1 Å². The molecular formula is C31H40N2O5. The van der Waals surface area contributed by atoms with Crippen molar-refractivity contribution in [3.05, 3.63) is 40.3 Å². The Kier molecular flexibility index (Phi) is 4.99. The van der Waals surface area contributed by atoms with Gasteiger partial charge in [-0.25, -0.2) is 0 Å². The van der Waals surface area contributed by atoms with Crippen LogP contribution in [-0.2, 0) is 27.9 Å². The van der Waals surface area contributed by atoms with E-state index in [9.17, 15) is 0 Å². The van der Waals surface area contributed by atoms with Crippen LogP contribution in [0.3, 0.4) is 0 Å². The van der Waals surface area contributed by atoms with Gasteiger partial charge in [-0.3, -0.25) is 0 Å². The molecule has 3 heterocycles. The Morgan fingerprint density at radius 2 is 2.00 bits per heavy atom. The van der Waals surface area contributed by atoms with E-state index in [4.69, 9.17) is 23.5 Å². The van der Waals surface area contributed by atoms with Crippen LogP contribution < -0.4 is 14.8 Å². The van der Waals surface area contributed by atoms with Crippen molar-refractivity contribution < 1.29 is 23.5 Å². The van der Waals surface area contributed by atoms with Gasteiger partial charge in [0.05, 0.1) is 31.4 Å². The predicted octanol–water partition coefficient (Wildman–Crippen LogP) is 4.65. The van der Waals surface area contributed by atoms with E-state index in [1.807, 2.05) is 21.0 Å². The van der Waals surface area contributed by atoms with Crippen LogP contribution in [0.5, 0.6) is 11.5 Å². The topological polar surface area (TPSA) is 75.0 Å². The molecule has 1 saturated heterocycles. The van der Waals surface area contributed by atoms with Crippen molar-refractivity contribution in [1.82, 2.24) is 10.5 Å². The molecule has 7 heteroatoms. The maximum atomic E-state index is 7.22. The molecule has 7 unspecified atom stereocenters. The summed E-state index contributed by atoms with van der Waals surface area (Å²) in [6.45, 7) is 6.19. The zero-order chi connectivity index (χ0) is 25.9. The maximum absolute atomic E-state index is 7.22. The summed E-state index contributed by atoms with van der Waals surface area (Å²) in [7, 11) is 3.69. The number of nitrogens with one attached hydrogen (secondary N) is 1. The number of piperidine rings is 1. The zero-order valence-corrected chi connectivity index (χ0v) is 23.1. The minimum absolute atomic E-state index is 0.0196. The second-order valence-electron chi connectivity index (χ2n) is 13.1. The van der Waals surface area contributed by atoms with E-state index < -0.39 is 0 Å². The van der Waals surface area contributed by atoms with Crippen LogP contribution in [0.15, 0.2) is 16.7 Å². The third-order valence-corrected chi connectivity index (χ3v) is 11.8. The van der Waals surface area contributed by atoms with Gasteiger partial charge < -0.3 is 28.8 Å². The molecule has 2 spiro atoms. The molecule has 4 saturated carbocycles. The number of fused-ring (bicyclic) bond motifs is 2. The highest BCUT2D eigenvalue weighted by molar-refractivity contribution is 5.64. The van der Waals surface area contributed by atoms with Gasteiger partial charge in [-0.15, -0.1) is 0 Å². The second-order valence-corrected chi connectivity index (χ2v) is 13.1. The Labute approximate surface area is 224 Å². The monoisotopic (exact) mass is 520 g/mol. The van der Waals surface area contributed by atoms with Gasteiger partial charge in [0.1, 0.15) is 17.5 Å². The standard InChI is InChI=1S/C31H40N2O5/c1-17-23(18(2)38-33-17)16-36-15-22-13-29-9-10-30(22,35-4)28-31(29)21(11-19-5-6-19)14-32-25(29)12-20-7-8-24(34-3)27(37-28)26(20)31/h7-8,19,21-22,25,28,32H,5-6,9-16H2,1-4H3. The minimum atomic E-state index is -0.386. The molecule has 1 N–H and O–H groups in total. The summed E-state index contributed by atoms with van der Waals surface area (Å²) in [6, 6.07) is 4.89. The fraction of sp³-hybridized carbons (Fsp3) is 0.710. The van der Waals surface area contributed by atoms with Gasteiger partial charge in [-0.05, 0) is 76.0 Å². The quantitative estimate of drug-likeness (QED) is 0.543. The van der Waals surface area contributed by atoms with Crippen molar-refractivity contribution in [2.45, 2.75) is 88.6 Å².